The van der Waals surface area contributed by atoms with Gasteiger partial charge in [0.2, 0.25) is 0 Å². The van der Waals surface area contributed by atoms with Gasteiger partial charge in [-0.2, -0.15) is 4.91 Å². The maximum atomic E-state index is 13.2. The van der Waals surface area contributed by atoms with Gasteiger partial charge in [0.15, 0.2) is 8.32 Å². The monoisotopic (exact) mass is 579 g/mol. The van der Waals surface area contributed by atoms with Crippen LogP contribution in [0.3, 0.4) is 0 Å². The second-order valence-electron chi connectivity index (χ2n) is 14.8. The first-order chi connectivity index (χ1) is 18.4. The predicted molar refractivity (Wildman–Crippen MR) is 158 cm³/mol. The Hall–Kier alpha value is -1.58. The third-order valence-corrected chi connectivity index (χ3v) is 14.9. The van der Waals surface area contributed by atoms with Crippen molar-refractivity contribution in [1.82, 2.24) is 0 Å². The zero-order valence-corrected chi connectivity index (χ0v) is 27.2. The number of cyclic esters (lactones) is 1. The van der Waals surface area contributed by atoms with Crippen LogP contribution < -0.4 is 0 Å². The fourth-order valence-corrected chi connectivity index (χ4v) is 7.79. The summed E-state index contributed by atoms with van der Waals surface area (Å²) in [7, 11) is -2.04. The van der Waals surface area contributed by atoms with Crippen molar-refractivity contribution in [2.24, 2.45) is 34.3 Å². The van der Waals surface area contributed by atoms with Gasteiger partial charge in [0.25, 0.3) is 0 Å². The highest BCUT2D eigenvalue weighted by atomic mass is 28.4. The van der Waals surface area contributed by atoms with Crippen LogP contribution in [-0.4, -0.2) is 55.8 Å². The molecule has 9 heteroatoms. The summed E-state index contributed by atoms with van der Waals surface area (Å²) in [6.07, 6.45) is 6.84. The van der Waals surface area contributed by atoms with E-state index >= 15 is 0 Å². The van der Waals surface area contributed by atoms with E-state index in [1.807, 2.05) is 32.9 Å². The highest BCUT2D eigenvalue weighted by Gasteiger charge is 2.54. The van der Waals surface area contributed by atoms with Gasteiger partial charge in [-0.3, -0.25) is 9.59 Å². The summed E-state index contributed by atoms with van der Waals surface area (Å²) in [5.74, 6) is -0.815. The maximum Gasteiger partial charge on any atom is 0.311 e. The van der Waals surface area contributed by atoms with Crippen molar-refractivity contribution in [3.05, 3.63) is 17.1 Å². The molecule has 0 bridgehead atoms. The first-order valence-corrected chi connectivity index (χ1v) is 18.1. The molecule has 0 aromatic carbocycles. The van der Waals surface area contributed by atoms with Crippen molar-refractivity contribution in [2.45, 2.75) is 135 Å². The smallest absolute Gasteiger partial charge is 0.311 e. The number of esters is 2. The number of fused-ring (bicyclic) bond motifs is 1. The van der Waals surface area contributed by atoms with E-state index in [0.717, 1.165) is 0 Å². The maximum absolute atomic E-state index is 13.2. The Morgan fingerprint density at radius 1 is 1.20 bits per heavy atom. The molecule has 1 aliphatic heterocycles. The summed E-state index contributed by atoms with van der Waals surface area (Å²) < 4.78 is 18.6. The molecule has 3 aliphatic rings. The lowest BCUT2D eigenvalue weighted by Crippen LogP contribution is -2.57. The molecule has 1 saturated heterocycles. The van der Waals surface area contributed by atoms with E-state index in [-0.39, 0.29) is 65.8 Å². The first kappa shape index (κ1) is 32.9. The van der Waals surface area contributed by atoms with E-state index in [4.69, 9.17) is 13.9 Å². The van der Waals surface area contributed by atoms with Crippen molar-refractivity contribution in [1.29, 1.82) is 0 Å². The summed E-state index contributed by atoms with van der Waals surface area (Å²) in [6.45, 7) is 18.9. The minimum Gasteiger partial charge on any atom is -0.462 e. The Morgan fingerprint density at radius 2 is 1.88 bits per heavy atom. The lowest BCUT2D eigenvalue weighted by molar-refractivity contribution is -0.184. The lowest BCUT2D eigenvalue weighted by Gasteiger charge is -2.52. The minimum absolute atomic E-state index is 0.0167. The first-order valence-electron chi connectivity index (χ1n) is 15.2. The van der Waals surface area contributed by atoms with Crippen molar-refractivity contribution in [2.75, 3.05) is 6.54 Å². The highest BCUT2D eigenvalue weighted by Crippen LogP contribution is 2.51. The fraction of sp³-hybridized carbons (Fsp3) is 0.871. The molecule has 0 amide bonds. The number of hydrogen-bond acceptors (Lipinski definition) is 8. The molecular formula is C31H53NO7Si. The lowest BCUT2D eigenvalue weighted by atomic mass is 9.58. The van der Waals surface area contributed by atoms with Crippen LogP contribution in [0, 0.1) is 34.0 Å². The zero-order chi connectivity index (χ0) is 30.1. The van der Waals surface area contributed by atoms with E-state index in [1.54, 1.807) is 0 Å². The third-order valence-electron chi connectivity index (χ3n) is 10.3. The Balaban J connectivity index is 1.80. The molecule has 0 aromatic rings. The van der Waals surface area contributed by atoms with Gasteiger partial charge in [0.1, 0.15) is 12.2 Å². The minimum atomic E-state index is -2.04. The molecule has 0 radical (unpaired) electrons. The zero-order valence-electron chi connectivity index (χ0n) is 26.2. The Kier molecular flexibility index (Phi) is 10.2. The summed E-state index contributed by atoms with van der Waals surface area (Å²) in [6, 6.07) is 0. The van der Waals surface area contributed by atoms with E-state index in [1.165, 1.54) is 0 Å². The second-order valence-corrected chi connectivity index (χ2v) is 19.6. The van der Waals surface area contributed by atoms with Gasteiger partial charge in [-0.1, -0.05) is 51.9 Å². The molecule has 40 heavy (non-hydrogen) atoms. The van der Waals surface area contributed by atoms with Gasteiger partial charge in [0, 0.05) is 12.3 Å². The number of ether oxygens (including phenoxy) is 2. The van der Waals surface area contributed by atoms with Gasteiger partial charge >= 0.3 is 11.9 Å². The average molecular weight is 580 g/mol. The van der Waals surface area contributed by atoms with E-state index < -0.39 is 25.4 Å². The number of carbonyl (C=O) groups is 2. The summed E-state index contributed by atoms with van der Waals surface area (Å²) in [4.78, 5) is 36.9. The van der Waals surface area contributed by atoms with Gasteiger partial charge in [-0.25, -0.2) is 0 Å². The number of hydrogen-bond donors (Lipinski definition) is 1. The molecule has 0 aromatic heterocycles. The molecule has 228 valence electrons. The number of nitroso groups, excluding NO2 is 1. The molecule has 1 saturated carbocycles. The number of nitrogens with zero attached hydrogens (tertiary/aromatic N) is 1. The van der Waals surface area contributed by atoms with Gasteiger partial charge in [-0.05, 0) is 81.8 Å². The van der Waals surface area contributed by atoms with E-state index in [9.17, 15) is 19.6 Å². The Labute approximate surface area is 242 Å². The summed E-state index contributed by atoms with van der Waals surface area (Å²) >= 11 is 0. The molecule has 8 atom stereocenters. The normalized spacial score (nSPS) is 35.0. The van der Waals surface area contributed by atoms with Crippen LogP contribution >= 0.6 is 0 Å². The van der Waals surface area contributed by atoms with Crippen LogP contribution in [0.15, 0.2) is 17.3 Å². The number of carbonyl (C=O) groups excluding carboxylic acids is 2. The van der Waals surface area contributed by atoms with Crippen molar-refractivity contribution >= 4 is 20.3 Å². The molecule has 8 nitrogen and oxygen atoms in total. The van der Waals surface area contributed by atoms with E-state index in [2.05, 4.69) is 46.0 Å². The highest BCUT2D eigenvalue weighted by molar-refractivity contribution is 6.74. The molecular weight excluding hydrogens is 526 g/mol. The van der Waals surface area contributed by atoms with Gasteiger partial charge in [-0.15, -0.1) is 0 Å². The topological polar surface area (TPSA) is 111 Å². The quantitative estimate of drug-likeness (QED) is 0.135. The van der Waals surface area contributed by atoms with Crippen LogP contribution in [0.1, 0.15) is 93.4 Å². The molecule has 2 fully saturated rings. The van der Waals surface area contributed by atoms with Crippen molar-refractivity contribution in [3.8, 4) is 0 Å². The molecule has 0 spiro atoms. The summed E-state index contributed by atoms with van der Waals surface area (Å²) in [5, 5.41) is 15.1. The van der Waals surface area contributed by atoms with Crippen molar-refractivity contribution in [3.63, 3.8) is 0 Å². The third kappa shape index (κ3) is 7.43. The number of aliphatic hydroxyl groups is 1. The van der Waals surface area contributed by atoms with Crippen LogP contribution in [0.4, 0.5) is 0 Å². The van der Waals surface area contributed by atoms with Crippen LogP contribution in [0.2, 0.25) is 18.1 Å². The number of rotatable bonds is 10. The van der Waals surface area contributed by atoms with E-state index in [0.29, 0.717) is 38.5 Å². The SMILES string of the molecule is CCC(C)(C)C(=O)O[C@H]1C[C@@H](CN=O)C[C@]2(O)C=C[C@H](C)[C@H](CCC3CC(O[Si](C)(C)C(C)(C)C)CC(=O)O3)C12. The molecule has 3 rings (SSSR count). The standard InChI is InChI=1S/C31H53NO7Si/c1-10-30(6,7)28(34)38-25-15-21(19-32-36)18-31(35)14-13-20(2)24(27(25)31)12-11-22-16-23(17-26(33)37-22)39-40(8,9)29(3,4)5/h13-14,20-25,27,35H,10-12,15-19H2,1-9H3/t20-,21+,22?,23?,24-,25-,27?,31+/m0/s1. The molecule has 1 heterocycles. The average Bonchev–Trinajstić information content (AvgIpc) is 2.82. The molecule has 3 unspecified atom stereocenters. The Bertz CT molecular complexity index is 958. The van der Waals surface area contributed by atoms with Crippen LogP contribution in [0.25, 0.3) is 0 Å². The fourth-order valence-electron chi connectivity index (χ4n) is 6.43. The number of allylic oxidation sites excluding steroid dienone is 1. The van der Waals surface area contributed by atoms with Crippen molar-refractivity contribution < 1.29 is 28.6 Å². The largest absolute Gasteiger partial charge is 0.462 e. The predicted octanol–water partition coefficient (Wildman–Crippen LogP) is 6.56. The van der Waals surface area contributed by atoms with Crippen LogP contribution in [0.5, 0.6) is 0 Å². The van der Waals surface area contributed by atoms with Crippen LogP contribution in [-0.2, 0) is 23.5 Å². The Morgan fingerprint density at radius 3 is 2.48 bits per heavy atom. The van der Waals surface area contributed by atoms with Gasteiger partial charge < -0.3 is 19.0 Å². The summed E-state index contributed by atoms with van der Waals surface area (Å²) in [5.41, 5.74) is -1.83. The second kappa shape index (κ2) is 12.3. The molecule has 1 N–H and O–H groups in total. The van der Waals surface area contributed by atoms with Gasteiger partial charge in [0.05, 0.1) is 30.1 Å². The molecule has 2 aliphatic carbocycles.